The summed E-state index contributed by atoms with van der Waals surface area (Å²) in [6.07, 6.45) is 0.125. The Bertz CT molecular complexity index is 311. The fourth-order valence-electron chi connectivity index (χ4n) is 1.45. The van der Waals surface area contributed by atoms with E-state index in [0.717, 1.165) is 11.3 Å². The molecule has 1 rings (SSSR count). The topological polar surface area (TPSA) is 50.1 Å². The summed E-state index contributed by atoms with van der Waals surface area (Å²) in [6.45, 7) is 2.46. The third-order valence-corrected chi connectivity index (χ3v) is 2.62. The van der Waals surface area contributed by atoms with Gasteiger partial charge in [0.15, 0.2) is 0 Å². The molecule has 0 fully saturated rings. The Morgan fingerprint density at radius 1 is 1.64 bits per heavy atom. The molecule has 1 atom stereocenters. The first-order valence-electron chi connectivity index (χ1n) is 4.57. The maximum Gasteiger partial charge on any atom is 0.130 e. The number of aliphatic hydroxyl groups is 1. The fourth-order valence-corrected chi connectivity index (χ4v) is 1.70. The lowest BCUT2D eigenvalue weighted by molar-refractivity contribution is 0.174. The molecule has 5 heteroatoms. The molecule has 1 aromatic rings. The molecule has 14 heavy (non-hydrogen) atoms. The monoisotopic (exact) mass is 217 g/mol. The number of aromatic nitrogens is 2. The van der Waals surface area contributed by atoms with Crippen molar-refractivity contribution >= 4 is 11.6 Å². The summed E-state index contributed by atoms with van der Waals surface area (Å²) in [5.74, 6) is 0. The number of aryl methyl sites for hydroxylation is 2. The number of hydrogen-bond acceptors (Lipinski definition) is 3. The Morgan fingerprint density at radius 2 is 2.29 bits per heavy atom. The molecule has 4 nitrogen and oxygen atoms in total. The van der Waals surface area contributed by atoms with Crippen LogP contribution in [0.2, 0.25) is 5.15 Å². The average molecular weight is 218 g/mol. The highest BCUT2D eigenvalue weighted by Gasteiger charge is 2.14. The van der Waals surface area contributed by atoms with Crippen LogP contribution in [0.3, 0.4) is 0 Å². The fraction of sp³-hybridized carbons (Fsp3) is 0.667. The van der Waals surface area contributed by atoms with Gasteiger partial charge in [-0.1, -0.05) is 11.6 Å². The zero-order valence-electron chi connectivity index (χ0n) is 8.71. The molecule has 0 aromatic carbocycles. The number of likely N-dealkylation sites (N-methyl/N-ethyl adjacent to an activating group) is 1. The molecule has 1 aromatic heterocycles. The number of nitrogens with zero attached hydrogens (tertiary/aromatic N) is 2. The standard InChI is InChI=1S/C9H16ClN3O/c1-6-8(4-7(14)5-11-2)9(10)13(3)12-6/h7,11,14H,4-5H2,1-3H3. The van der Waals surface area contributed by atoms with Crippen LogP contribution in [0.5, 0.6) is 0 Å². The van der Waals surface area contributed by atoms with Crippen molar-refractivity contribution in [2.45, 2.75) is 19.4 Å². The van der Waals surface area contributed by atoms with Gasteiger partial charge in [0, 0.05) is 25.6 Å². The van der Waals surface area contributed by atoms with Crippen LogP contribution < -0.4 is 5.32 Å². The van der Waals surface area contributed by atoms with E-state index in [1.807, 2.05) is 6.92 Å². The minimum Gasteiger partial charge on any atom is -0.391 e. The van der Waals surface area contributed by atoms with Gasteiger partial charge in [0.2, 0.25) is 0 Å². The molecule has 0 spiro atoms. The first-order chi connectivity index (χ1) is 6.56. The first-order valence-corrected chi connectivity index (χ1v) is 4.94. The summed E-state index contributed by atoms with van der Waals surface area (Å²) < 4.78 is 1.62. The summed E-state index contributed by atoms with van der Waals surface area (Å²) in [5.41, 5.74) is 1.81. The van der Waals surface area contributed by atoms with Crippen molar-refractivity contribution in [3.63, 3.8) is 0 Å². The van der Waals surface area contributed by atoms with E-state index in [2.05, 4.69) is 10.4 Å². The molecule has 0 aliphatic rings. The molecular formula is C9H16ClN3O. The molecule has 1 unspecified atom stereocenters. The van der Waals surface area contributed by atoms with Crippen molar-refractivity contribution in [3.8, 4) is 0 Å². The van der Waals surface area contributed by atoms with Gasteiger partial charge in [-0.25, -0.2) is 0 Å². The van der Waals surface area contributed by atoms with Crippen LogP contribution in [0.25, 0.3) is 0 Å². The van der Waals surface area contributed by atoms with Crippen LogP contribution in [-0.2, 0) is 13.5 Å². The Hall–Kier alpha value is -0.580. The highest BCUT2D eigenvalue weighted by Crippen LogP contribution is 2.19. The minimum atomic E-state index is -0.416. The van der Waals surface area contributed by atoms with E-state index in [1.54, 1.807) is 18.8 Å². The van der Waals surface area contributed by atoms with Crippen LogP contribution >= 0.6 is 11.6 Å². The van der Waals surface area contributed by atoms with E-state index >= 15 is 0 Å². The van der Waals surface area contributed by atoms with Crippen LogP contribution in [0.15, 0.2) is 0 Å². The zero-order valence-corrected chi connectivity index (χ0v) is 9.47. The average Bonchev–Trinajstić information content (AvgIpc) is 2.33. The van der Waals surface area contributed by atoms with Gasteiger partial charge in [0.25, 0.3) is 0 Å². The number of nitrogens with one attached hydrogen (secondary N) is 1. The highest BCUT2D eigenvalue weighted by molar-refractivity contribution is 6.30. The molecular weight excluding hydrogens is 202 g/mol. The normalized spacial score (nSPS) is 13.2. The van der Waals surface area contributed by atoms with Crippen molar-refractivity contribution in [1.29, 1.82) is 0 Å². The summed E-state index contributed by atoms with van der Waals surface area (Å²) in [5, 5.41) is 17.3. The Balaban J connectivity index is 2.75. The quantitative estimate of drug-likeness (QED) is 0.773. The zero-order chi connectivity index (χ0) is 10.7. The van der Waals surface area contributed by atoms with Gasteiger partial charge in [0.05, 0.1) is 11.8 Å². The molecule has 0 aliphatic carbocycles. The summed E-state index contributed by atoms with van der Waals surface area (Å²) in [6, 6.07) is 0. The minimum absolute atomic E-state index is 0.416. The van der Waals surface area contributed by atoms with Crippen molar-refractivity contribution in [2.24, 2.45) is 7.05 Å². The Morgan fingerprint density at radius 3 is 2.71 bits per heavy atom. The number of aliphatic hydroxyl groups excluding tert-OH is 1. The van der Waals surface area contributed by atoms with Gasteiger partial charge in [-0.05, 0) is 14.0 Å². The molecule has 0 saturated carbocycles. The Kier molecular flexibility index (Phi) is 3.92. The lowest BCUT2D eigenvalue weighted by Crippen LogP contribution is -2.25. The van der Waals surface area contributed by atoms with Crippen LogP contribution in [0.4, 0.5) is 0 Å². The molecule has 0 saturated heterocycles. The van der Waals surface area contributed by atoms with Gasteiger partial charge < -0.3 is 10.4 Å². The van der Waals surface area contributed by atoms with E-state index in [9.17, 15) is 5.11 Å². The van der Waals surface area contributed by atoms with Gasteiger partial charge >= 0.3 is 0 Å². The highest BCUT2D eigenvalue weighted by atomic mass is 35.5. The Labute approximate surface area is 88.9 Å². The van der Waals surface area contributed by atoms with E-state index in [0.29, 0.717) is 18.1 Å². The molecule has 2 N–H and O–H groups in total. The maximum absolute atomic E-state index is 9.60. The first kappa shape index (κ1) is 11.5. The molecule has 1 heterocycles. The van der Waals surface area contributed by atoms with Crippen molar-refractivity contribution in [2.75, 3.05) is 13.6 Å². The molecule has 0 radical (unpaired) electrons. The third-order valence-electron chi connectivity index (χ3n) is 2.15. The molecule has 80 valence electrons. The van der Waals surface area contributed by atoms with Crippen molar-refractivity contribution in [1.82, 2.24) is 15.1 Å². The summed E-state index contributed by atoms with van der Waals surface area (Å²) >= 11 is 6.03. The molecule has 0 bridgehead atoms. The predicted molar refractivity (Wildman–Crippen MR) is 56.6 cm³/mol. The van der Waals surface area contributed by atoms with Crippen LogP contribution in [0, 0.1) is 6.92 Å². The lowest BCUT2D eigenvalue weighted by Gasteiger charge is -2.09. The van der Waals surface area contributed by atoms with E-state index in [1.165, 1.54) is 0 Å². The van der Waals surface area contributed by atoms with Gasteiger partial charge in [-0.15, -0.1) is 0 Å². The number of rotatable bonds is 4. The second-order valence-corrected chi connectivity index (χ2v) is 3.75. The predicted octanol–water partition coefficient (Wildman–Crippen LogP) is 0.505. The van der Waals surface area contributed by atoms with Crippen LogP contribution in [0.1, 0.15) is 11.3 Å². The van der Waals surface area contributed by atoms with Crippen LogP contribution in [-0.4, -0.2) is 34.6 Å². The maximum atomic E-state index is 9.60. The number of hydrogen-bond donors (Lipinski definition) is 2. The largest absolute Gasteiger partial charge is 0.391 e. The summed E-state index contributed by atoms with van der Waals surface area (Å²) in [4.78, 5) is 0. The second kappa shape index (κ2) is 4.77. The SMILES string of the molecule is CNCC(O)Cc1c(C)nn(C)c1Cl. The van der Waals surface area contributed by atoms with Gasteiger partial charge in [-0.3, -0.25) is 4.68 Å². The van der Waals surface area contributed by atoms with Gasteiger partial charge in [0.1, 0.15) is 5.15 Å². The molecule has 0 aliphatic heterocycles. The third kappa shape index (κ3) is 2.47. The molecule has 0 amide bonds. The lowest BCUT2D eigenvalue weighted by atomic mass is 10.1. The van der Waals surface area contributed by atoms with Crippen molar-refractivity contribution < 1.29 is 5.11 Å². The number of halogens is 1. The van der Waals surface area contributed by atoms with E-state index in [4.69, 9.17) is 11.6 Å². The smallest absolute Gasteiger partial charge is 0.130 e. The summed E-state index contributed by atoms with van der Waals surface area (Å²) in [7, 11) is 3.60. The van der Waals surface area contributed by atoms with E-state index in [-0.39, 0.29) is 0 Å². The van der Waals surface area contributed by atoms with Crippen molar-refractivity contribution in [3.05, 3.63) is 16.4 Å². The van der Waals surface area contributed by atoms with Gasteiger partial charge in [-0.2, -0.15) is 5.10 Å². The van der Waals surface area contributed by atoms with E-state index < -0.39 is 6.10 Å². The second-order valence-electron chi connectivity index (χ2n) is 3.39.